The Hall–Kier alpha value is -2.14. The lowest BCUT2D eigenvalue weighted by molar-refractivity contribution is 0.0480. The minimum atomic E-state index is -0.341. The second-order valence-corrected chi connectivity index (χ2v) is 5.12. The number of aromatic nitrogens is 1. The Kier molecular flexibility index (Phi) is 4.75. The number of nitrogens with zero attached hydrogens (tertiary/aromatic N) is 2. The van der Waals surface area contributed by atoms with Crippen LogP contribution in [-0.4, -0.2) is 50.2 Å². The minimum absolute atomic E-state index is 0.341. The van der Waals surface area contributed by atoms with Gasteiger partial charge >= 0.3 is 5.97 Å². The summed E-state index contributed by atoms with van der Waals surface area (Å²) in [6, 6.07) is 7.39. The molecule has 0 unspecified atom stereocenters. The molecule has 0 N–H and O–H groups in total. The molecule has 0 amide bonds. The average molecular weight is 288 g/mol. The van der Waals surface area contributed by atoms with Crippen molar-refractivity contribution >= 4 is 16.9 Å². The Labute approximate surface area is 124 Å². The van der Waals surface area contributed by atoms with Crippen LogP contribution in [0.25, 0.3) is 10.9 Å². The Morgan fingerprint density at radius 2 is 2.05 bits per heavy atom. The van der Waals surface area contributed by atoms with Crippen molar-refractivity contribution in [2.45, 2.75) is 6.92 Å². The maximum atomic E-state index is 12.1. The molecule has 0 saturated heterocycles. The number of methoxy groups -OCH3 is 1. The van der Waals surface area contributed by atoms with Gasteiger partial charge in [-0.15, -0.1) is 0 Å². The predicted octanol–water partition coefficient (Wildman–Crippen LogP) is 2.27. The van der Waals surface area contributed by atoms with E-state index in [1.54, 1.807) is 13.2 Å². The lowest BCUT2D eigenvalue weighted by Crippen LogP contribution is -2.20. The molecule has 0 bridgehead atoms. The summed E-state index contributed by atoms with van der Waals surface area (Å²) in [5.74, 6) is 0.395. The summed E-state index contributed by atoms with van der Waals surface area (Å²) >= 11 is 0. The van der Waals surface area contributed by atoms with Crippen LogP contribution in [0.1, 0.15) is 16.1 Å². The molecule has 1 heterocycles. The van der Waals surface area contributed by atoms with Crippen LogP contribution in [-0.2, 0) is 4.74 Å². The molecule has 112 valence electrons. The normalized spacial score (nSPS) is 10.9. The van der Waals surface area contributed by atoms with Crippen molar-refractivity contribution in [2.75, 3.05) is 34.4 Å². The number of ether oxygens (including phenoxy) is 2. The van der Waals surface area contributed by atoms with E-state index in [1.165, 1.54) is 0 Å². The molecule has 5 heteroatoms. The number of rotatable bonds is 5. The molecule has 0 aliphatic rings. The highest BCUT2D eigenvalue weighted by molar-refractivity contribution is 5.95. The Morgan fingerprint density at radius 3 is 2.71 bits per heavy atom. The summed E-state index contributed by atoms with van der Waals surface area (Å²) in [5, 5.41) is 0.861. The Bertz CT molecular complexity index is 653. The van der Waals surface area contributed by atoms with E-state index < -0.39 is 0 Å². The van der Waals surface area contributed by atoms with Gasteiger partial charge in [0.25, 0.3) is 0 Å². The third-order valence-corrected chi connectivity index (χ3v) is 3.20. The van der Waals surface area contributed by atoms with E-state index in [9.17, 15) is 4.79 Å². The van der Waals surface area contributed by atoms with Gasteiger partial charge < -0.3 is 14.4 Å². The van der Waals surface area contributed by atoms with E-state index in [-0.39, 0.29) is 5.97 Å². The second kappa shape index (κ2) is 6.54. The standard InChI is InChI=1S/C16H20N2O3/c1-11-14(16(19)21-8-7-18(2)3)10-12-9-13(20-4)5-6-15(12)17-11/h5-6,9-10H,7-8H2,1-4H3. The van der Waals surface area contributed by atoms with Crippen LogP contribution in [0.4, 0.5) is 0 Å². The summed E-state index contributed by atoms with van der Waals surface area (Å²) in [5.41, 5.74) is 2.00. The average Bonchev–Trinajstić information content (AvgIpc) is 2.45. The summed E-state index contributed by atoms with van der Waals surface area (Å²) in [7, 11) is 5.48. The minimum Gasteiger partial charge on any atom is -0.497 e. The summed E-state index contributed by atoms with van der Waals surface area (Å²) in [6.45, 7) is 2.87. The summed E-state index contributed by atoms with van der Waals surface area (Å²) in [4.78, 5) is 18.5. The van der Waals surface area contributed by atoms with E-state index in [0.717, 1.165) is 16.7 Å². The van der Waals surface area contributed by atoms with E-state index in [2.05, 4.69) is 4.98 Å². The zero-order valence-corrected chi connectivity index (χ0v) is 12.8. The maximum absolute atomic E-state index is 12.1. The first kappa shape index (κ1) is 15.3. The molecule has 0 aliphatic heterocycles. The van der Waals surface area contributed by atoms with Gasteiger partial charge in [-0.25, -0.2) is 4.79 Å². The van der Waals surface area contributed by atoms with E-state index in [4.69, 9.17) is 9.47 Å². The smallest absolute Gasteiger partial charge is 0.340 e. The van der Waals surface area contributed by atoms with Crippen molar-refractivity contribution in [1.29, 1.82) is 0 Å². The van der Waals surface area contributed by atoms with Gasteiger partial charge in [-0.05, 0) is 45.3 Å². The van der Waals surface area contributed by atoms with Crippen molar-refractivity contribution in [1.82, 2.24) is 9.88 Å². The van der Waals surface area contributed by atoms with Crippen LogP contribution in [0.5, 0.6) is 5.75 Å². The fraction of sp³-hybridized carbons (Fsp3) is 0.375. The molecule has 2 aromatic rings. The van der Waals surface area contributed by atoms with Crippen LogP contribution in [0.3, 0.4) is 0 Å². The highest BCUT2D eigenvalue weighted by Gasteiger charge is 2.13. The molecule has 1 aromatic heterocycles. The fourth-order valence-electron chi connectivity index (χ4n) is 1.98. The molecule has 0 saturated carbocycles. The van der Waals surface area contributed by atoms with Crippen molar-refractivity contribution < 1.29 is 14.3 Å². The van der Waals surface area contributed by atoms with Crippen LogP contribution < -0.4 is 4.74 Å². The van der Waals surface area contributed by atoms with Crippen molar-refractivity contribution in [3.8, 4) is 5.75 Å². The number of fused-ring (bicyclic) bond motifs is 1. The van der Waals surface area contributed by atoms with Gasteiger partial charge in [0.2, 0.25) is 0 Å². The first-order valence-corrected chi connectivity index (χ1v) is 6.78. The number of aryl methyl sites for hydroxylation is 1. The quantitative estimate of drug-likeness (QED) is 0.790. The number of hydrogen-bond acceptors (Lipinski definition) is 5. The van der Waals surface area contributed by atoms with Crippen molar-refractivity contribution in [3.05, 3.63) is 35.5 Å². The molecule has 1 aromatic carbocycles. The molecule has 0 aliphatic carbocycles. The number of pyridine rings is 1. The fourth-order valence-corrected chi connectivity index (χ4v) is 1.98. The predicted molar refractivity (Wildman–Crippen MR) is 81.9 cm³/mol. The molecule has 0 fully saturated rings. The highest BCUT2D eigenvalue weighted by atomic mass is 16.5. The van der Waals surface area contributed by atoms with Gasteiger partial charge in [-0.2, -0.15) is 0 Å². The van der Waals surface area contributed by atoms with Crippen LogP contribution in [0.15, 0.2) is 24.3 Å². The number of likely N-dealkylation sites (N-methyl/N-ethyl adjacent to an activating group) is 1. The monoisotopic (exact) mass is 288 g/mol. The maximum Gasteiger partial charge on any atom is 0.340 e. The zero-order valence-electron chi connectivity index (χ0n) is 12.8. The van der Waals surface area contributed by atoms with Crippen LogP contribution >= 0.6 is 0 Å². The van der Waals surface area contributed by atoms with Gasteiger partial charge in [-0.1, -0.05) is 0 Å². The first-order chi connectivity index (χ1) is 10.0. The van der Waals surface area contributed by atoms with Crippen molar-refractivity contribution in [2.24, 2.45) is 0 Å². The Balaban J connectivity index is 2.26. The lowest BCUT2D eigenvalue weighted by atomic mass is 10.1. The third kappa shape index (κ3) is 3.70. The number of hydrogen-bond donors (Lipinski definition) is 0. The molecule has 0 radical (unpaired) electrons. The van der Waals surface area contributed by atoms with Gasteiger partial charge in [-0.3, -0.25) is 4.98 Å². The number of carbonyl (C=O) groups excluding carboxylic acids is 1. The number of benzene rings is 1. The zero-order chi connectivity index (χ0) is 15.4. The molecule has 0 atom stereocenters. The first-order valence-electron chi connectivity index (χ1n) is 6.78. The van der Waals surface area contributed by atoms with Crippen LogP contribution in [0, 0.1) is 6.92 Å². The molecule has 0 spiro atoms. The largest absolute Gasteiger partial charge is 0.497 e. The SMILES string of the molecule is COc1ccc2nc(C)c(C(=O)OCCN(C)C)cc2c1. The van der Waals surface area contributed by atoms with Gasteiger partial charge in [0.1, 0.15) is 12.4 Å². The van der Waals surface area contributed by atoms with Crippen LogP contribution in [0.2, 0.25) is 0 Å². The molecular weight excluding hydrogens is 268 g/mol. The highest BCUT2D eigenvalue weighted by Crippen LogP contribution is 2.22. The molecule has 2 rings (SSSR count). The topological polar surface area (TPSA) is 51.7 Å². The summed E-state index contributed by atoms with van der Waals surface area (Å²) in [6.07, 6.45) is 0. The van der Waals surface area contributed by atoms with Gasteiger partial charge in [0.05, 0.1) is 23.9 Å². The van der Waals surface area contributed by atoms with E-state index in [1.807, 2.05) is 44.1 Å². The molecular formula is C16H20N2O3. The molecule has 21 heavy (non-hydrogen) atoms. The number of esters is 1. The van der Waals surface area contributed by atoms with Gasteiger partial charge in [0, 0.05) is 11.9 Å². The summed E-state index contributed by atoms with van der Waals surface area (Å²) < 4.78 is 10.5. The Morgan fingerprint density at radius 1 is 1.29 bits per heavy atom. The van der Waals surface area contributed by atoms with Crippen molar-refractivity contribution in [3.63, 3.8) is 0 Å². The van der Waals surface area contributed by atoms with E-state index >= 15 is 0 Å². The van der Waals surface area contributed by atoms with E-state index in [0.29, 0.717) is 24.4 Å². The second-order valence-electron chi connectivity index (χ2n) is 5.12. The third-order valence-electron chi connectivity index (χ3n) is 3.20. The van der Waals surface area contributed by atoms with Gasteiger partial charge in [0.15, 0.2) is 0 Å². The number of carbonyl (C=O) groups is 1. The molecule has 5 nitrogen and oxygen atoms in total. The lowest BCUT2D eigenvalue weighted by Gasteiger charge is -2.11.